The van der Waals surface area contributed by atoms with E-state index in [1.807, 2.05) is 20.8 Å². The van der Waals surface area contributed by atoms with Crippen molar-refractivity contribution in [3.05, 3.63) is 50.5 Å². The van der Waals surface area contributed by atoms with E-state index in [9.17, 15) is 9.18 Å². The summed E-state index contributed by atoms with van der Waals surface area (Å²) in [5, 5.41) is 0. The van der Waals surface area contributed by atoms with E-state index in [2.05, 4.69) is 20.9 Å². The van der Waals surface area contributed by atoms with Gasteiger partial charge in [0.25, 0.3) is 0 Å². The number of hydrogen-bond donors (Lipinski definition) is 2. The molecule has 1 heterocycles. The van der Waals surface area contributed by atoms with Crippen molar-refractivity contribution in [3.8, 4) is 0 Å². The molecule has 0 aliphatic rings. The van der Waals surface area contributed by atoms with Gasteiger partial charge in [-0.15, -0.1) is 0 Å². The predicted molar refractivity (Wildman–Crippen MR) is 76.9 cm³/mol. The summed E-state index contributed by atoms with van der Waals surface area (Å²) in [6.07, 6.45) is 0. The minimum absolute atomic E-state index is 0.0378. The number of anilines is 1. The van der Waals surface area contributed by atoms with Gasteiger partial charge in [0.05, 0.1) is 11.4 Å². The number of aromatic nitrogens is 1. The zero-order chi connectivity index (χ0) is 14.3. The van der Waals surface area contributed by atoms with Crippen LogP contribution in [0.15, 0.2) is 16.6 Å². The molecule has 0 saturated carbocycles. The number of benzene rings is 1. The standard InChI is InChI=1S/C14H14BrFN2O/c1-6-7(2)13(18-8(6)3)14(19)9-4-12(17)11(16)5-10(9)15/h4-5,18H,17H2,1-3H3. The van der Waals surface area contributed by atoms with Crippen molar-refractivity contribution in [2.45, 2.75) is 20.8 Å². The van der Waals surface area contributed by atoms with E-state index in [-0.39, 0.29) is 11.5 Å². The number of nitrogen functional groups attached to an aromatic ring is 1. The molecule has 19 heavy (non-hydrogen) atoms. The van der Waals surface area contributed by atoms with Crippen LogP contribution in [-0.4, -0.2) is 10.8 Å². The summed E-state index contributed by atoms with van der Waals surface area (Å²) in [5.74, 6) is -0.744. The SMILES string of the molecule is Cc1[nH]c(C(=O)c2cc(N)c(F)cc2Br)c(C)c1C. The lowest BCUT2D eigenvalue weighted by atomic mass is 10.0. The van der Waals surface area contributed by atoms with Crippen molar-refractivity contribution in [2.75, 3.05) is 5.73 Å². The molecule has 0 bridgehead atoms. The summed E-state index contributed by atoms with van der Waals surface area (Å²) in [5.41, 5.74) is 9.25. The molecule has 0 spiro atoms. The Hall–Kier alpha value is -1.62. The number of halogens is 2. The Bertz CT molecular complexity index is 677. The fraction of sp³-hybridized carbons (Fsp3) is 0.214. The molecule has 0 saturated heterocycles. The number of H-pyrrole nitrogens is 1. The average Bonchev–Trinajstić information content (AvgIpc) is 2.61. The number of nitrogens with two attached hydrogens (primary N) is 1. The van der Waals surface area contributed by atoms with Crippen LogP contribution in [-0.2, 0) is 0 Å². The van der Waals surface area contributed by atoms with Gasteiger partial charge in [-0.05, 0) is 60.0 Å². The third-order valence-corrected chi connectivity index (χ3v) is 4.03. The number of aryl methyl sites for hydroxylation is 1. The van der Waals surface area contributed by atoms with Gasteiger partial charge in [-0.25, -0.2) is 4.39 Å². The monoisotopic (exact) mass is 324 g/mol. The Labute approximate surface area is 119 Å². The molecule has 2 aromatic rings. The molecule has 0 aliphatic carbocycles. The Kier molecular flexibility index (Phi) is 3.49. The molecule has 1 aromatic carbocycles. The largest absolute Gasteiger partial charge is 0.396 e. The van der Waals surface area contributed by atoms with Gasteiger partial charge < -0.3 is 10.7 Å². The molecule has 5 heteroatoms. The summed E-state index contributed by atoms with van der Waals surface area (Å²) in [6, 6.07) is 2.56. The molecule has 0 amide bonds. The highest BCUT2D eigenvalue weighted by molar-refractivity contribution is 9.10. The van der Waals surface area contributed by atoms with E-state index < -0.39 is 5.82 Å². The van der Waals surface area contributed by atoms with Crippen LogP contribution >= 0.6 is 15.9 Å². The van der Waals surface area contributed by atoms with E-state index in [0.717, 1.165) is 16.8 Å². The van der Waals surface area contributed by atoms with Gasteiger partial charge in [0.1, 0.15) is 5.82 Å². The predicted octanol–water partition coefficient (Wildman–Crippen LogP) is 3.65. The third-order valence-electron chi connectivity index (χ3n) is 3.37. The molecule has 0 radical (unpaired) electrons. The minimum atomic E-state index is -0.543. The second-order valence-electron chi connectivity index (χ2n) is 4.56. The van der Waals surface area contributed by atoms with Crippen molar-refractivity contribution in [3.63, 3.8) is 0 Å². The van der Waals surface area contributed by atoms with Gasteiger partial charge in [-0.3, -0.25) is 4.79 Å². The van der Waals surface area contributed by atoms with Gasteiger partial charge in [0.15, 0.2) is 0 Å². The quantitative estimate of drug-likeness (QED) is 0.654. The highest BCUT2D eigenvalue weighted by Crippen LogP contribution is 2.27. The van der Waals surface area contributed by atoms with E-state index in [4.69, 9.17) is 5.73 Å². The topological polar surface area (TPSA) is 58.9 Å². The summed E-state index contributed by atoms with van der Waals surface area (Å²) in [4.78, 5) is 15.5. The number of nitrogens with one attached hydrogen (secondary N) is 1. The lowest BCUT2D eigenvalue weighted by molar-refractivity contribution is 0.103. The van der Waals surface area contributed by atoms with Crippen molar-refractivity contribution in [1.82, 2.24) is 4.98 Å². The smallest absolute Gasteiger partial charge is 0.210 e. The van der Waals surface area contributed by atoms with Crippen LogP contribution in [0.2, 0.25) is 0 Å². The molecular formula is C14H14BrFN2O. The molecule has 0 atom stereocenters. The van der Waals surface area contributed by atoms with Crippen LogP contribution < -0.4 is 5.73 Å². The lowest BCUT2D eigenvalue weighted by Gasteiger charge is -2.06. The van der Waals surface area contributed by atoms with Crippen molar-refractivity contribution in [2.24, 2.45) is 0 Å². The summed E-state index contributed by atoms with van der Waals surface area (Å²) in [7, 11) is 0. The molecule has 1 aromatic heterocycles. The molecule has 0 aliphatic heterocycles. The maximum Gasteiger partial charge on any atom is 0.210 e. The molecule has 3 N–H and O–H groups in total. The number of carbonyl (C=O) groups is 1. The average molecular weight is 325 g/mol. The fourth-order valence-corrected chi connectivity index (χ4v) is 2.44. The van der Waals surface area contributed by atoms with Crippen LogP contribution in [0.3, 0.4) is 0 Å². The molecule has 100 valence electrons. The lowest BCUT2D eigenvalue weighted by Crippen LogP contribution is -2.06. The summed E-state index contributed by atoms with van der Waals surface area (Å²) in [6.45, 7) is 5.74. The number of aromatic amines is 1. The zero-order valence-electron chi connectivity index (χ0n) is 10.9. The van der Waals surface area contributed by atoms with Gasteiger partial charge in [-0.1, -0.05) is 0 Å². The van der Waals surface area contributed by atoms with Crippen molar-refractivity contribution >= 4 is 27.4 Å². The van der Waals surface area contributed by atoms with E-state index >= 15 is 0 Å². The van der Waals surface area contributed by atoms with Gasteiger partial charge in [0, 0.05) is 15.7 Å². The first kappa shape index (κ1) is 13.8. The fourth-order valence-electron chi connectivity index (χ4n) is 1.95. The van der Waals surface area contributed by atoms with Crippen LogP contribution in [0, 0.1) is 26.6 Å². The van der Waals surface area contributed by atoms with Crippen LogP contribution in [0.25, 0.3) is 0 Å². The van der Waals surface area contributed by atoms with Crippen molar-refractivity contribution < 1.29 is 9.18 Å². The summed E-state index contributed by atoms with van der Waals surface area (Å²) >= 11 is 3.20. The first-order valence-electron chi connectivity index (χ1n) is 5.78. The Balaban J connectivity index is 2.56. The van der Waals surface area contributed by atoms with E-state index in [0.29, 0.717) is 15.7 Å². The number of carbonyl (C=O) groups excluding carboxylic acids is 1. The van der Waals surface area contributed by atoms with E-state index in [1.54, 1.807) is 0 Å². The van der Waals surface area contributed by atoms with Crippen LogP contribution in [0.4, 0.5) is 10.1 Å². The van der Waals surface area contributed by atoms with Crippen LogP contribution in [0.1, 0.15) is 32.9 Å². The molecule has 2 rings (SSSR count). The first-order chi connectivity index (χ1) is 8.82. The molecule has 0 unspecified atom stereocenters. The highest BCUT2D eigenvalue weighted by atomic mass is 79.9. The Morgan fingerprint density at radius 3 is 2.42 bits per heavy atom. The molecule has 3 nitrogen and oxygen atoms in total. The second kappa shape index (κ2) is 4.81. The Morgan fingerprint density at radius 2 is 1.89 bits per heavy atom. The van der Waals surface area contributed by atoms with Gasteiger partial charge >= 0.3 is 0 Å². The van der Waals surface area contributed by atoms with Gasteiger partial charge in [0.2, 0.25) is 5.78 Å². The molecular weight excluding hydrogens is 311 g/mol. The summed E-state index contributed by atoms with van der Waals surface area (Å²) < 4.78 is 13.7. The zero-order valence-corrected chi connectivity index (χ0v) is 12.5. The van der Waals surface area contributed by atoms with Crippen LogP contribution in [0.5, 0.6) is 0 Å². The number of rotatable bonds is 2. The maximum atomic E-state index is 13.3. The highest BCUT2D eigenvalue weighted by Gasteiger charge is 2.20. The normalized spacial score (nSPS) is 10.8. The minimum Gasteiger partial charge on any atom is -0.396 e. The first-order valence-corrected chi connectivity index (χ1v) is 6.57. The Morgan fingerprint density at radius 1 is 1.26 bits per heavy atom. The second-order valence-corrected chi connectivity index (χ2v) is 5.41. The van der Waals surface area contributed by atoms with Crippen molar-refractivity contribution in [1.29, 1.82) is 0 Å². The van der Waals surface area contributed by atoms with Gasteiger partial charge in [-0.2, -0.15) is 0 Å². The third kappa shape index (κ3) is 2.30. The molecule has 0 fully saturated rings. The maximum absolute atomic E-state index is 13.3. The number of ketones is 1. The van der Waals surface area contributed by atoms with E-state index in [1.165, 1.54) is 12.1 Å². The number of hydrogen-bond acceptors (Lipinski definition) is 2.